The van der Waals surface area contributed by atoms with Gasteiger partial charge in [0.25, 0.3) is 5.91 Å². The van der Waals surface area contributed by atoms with Crippen LogP contribution in [0.25, 0.3) is 10.8 Å². The van der Waals surface area contributed by atoms with Crippen molar-refractivity contribution >= 4 is 28.6 Å². The number of thiophene rings is 1. The van der Waals surface area contributed by atoms with Gasteiger partial charge in [-0.05, 0) is 50.3 Å². The SMILES string of the molecule is Cc1ccc(-c2nc(C)c(C(=O)N(Cc3cccs3)C3CC3)s2)o1. The summed E-state index contributed by atoms with van der Waals surface area (Å²) >= 11 is 3.12. The Morgan fingerprint density at radius 1 is 1.33 bits per heavy atom. The van der Waals surface area contributed by atoms with E-state index in [2.05, 4.69) is 16.4 Å². The van der Waals surface area contributed by atoms with Gasteiger partial charge >= 0.3 is 0 Å². The van der Waals surface area contributed by atoms with Crippen molar-refractivity contribution in [3.63, 3.8) is 0 Å². The van der Waals surface area contributed by atoms with Gasteiger partial charge in [0.05, 0.1) is 12.2 Å². The van der Waals surface area contributed by atoms with E-state index in [1.165, 1.54) is 16.2 Å². The molecule has 4 nitrogen and oxygen atoms in total. The number of amides is 1. The van der Waals surface area contributed by atoms with Crippen LogP contribution >= 0.6 is 22.7 Å². The number of nitrogens with zero attached hydrogens (tertiary/aromatic N) is 2. The van der Waals surface area contributed by atoms with Gasteiger partial charge < -0.3 is 9.32 Å². The number of rotatable bonds is 5. The van der Waals surface area contributed by atoms with E-state index < -0.39 is 0 Å². The first-order valence-electron chi connectivity index (χ1n) is 7.99. The van der Waals surface area contributed by atoms with E-state index in [4.69, 9.17) is 4.42 Å². The number of aromatic nitrogens is 1. The normalized spacial score (nSPS) is 14.1. The Bertz CT molecular complexity index is 860. The van der Waals surface area contributed by atoms with E-state index in [1.54, 1.807) is 11.3 Å². The third kappa shape index (κ3) is 3.03. The number of hydrogen-bond acceptors (Lipinski definition) is 5. The van der Waals surface area contributed by atoms with Gasteiger partial charge in [0, 0.05) is 10.9 Å². The molecule has 1 aliphatic rings. The molecule has 0 aliphatic heterocycles. The molecule has 3 aromatic rings. The molecule has 1 amide bonds. The topological polar surface area (TPSA) is 46.3 Å². The predicted octanol–water partition coefficient (Wildman–Crippen LogP) is 4.89. The lowest BCUT2D eigenvalue weighted by molar-refractivity contribution is 0.0735. The number of hydrogen-bond donors (Lipinski definition) is 0. The van der Waals surface area contributed by atoms with Gasteiger partial charge in [-0.15, -0.1) is 22.7 Å². The van der Waals surface area contributed by atoms with Crippen molar-refractivity contribution < 1.29 is 9.21 Å². The predicted molar refractivity (Wildman–Crippen MR) is 96.5 cm³/mol. The minimum atomic E-state index is 0.0930. The molecule has 1 saturated carbocycles. The van der Waals surface area contributed by atoms with Crippen LogP contribution in [0.3, 0.4) is 0 Å². The quantitative estimate of drug-likeness (QED) is 0.652. The first kappa shape index (κ1) is 15.6. The summed E-state index contributed by atoms with van der Waals surface area (Å²) in [4.78, 5) is 21.6. The minimum absolute atomic E-state index is 0.0930. The maximum Gasteiger partial charge on any atom is 0.266 e. The van der Waals surface area contributed by atoms with Crippen LogP contribution < -0.4 is 0 Å². The highest BCUT2D eigenvalue weighted by molar-refractivity contribution is 7.17. The fourth-order valence-electron chi connectivity index (χ4n) is 2.70. The summed E-state index contributed by atoms with van der Waals surface area (Å²) in [5.41, 5.74) is 0.783. The molecule has 0 spiro atoms. The van der Waals surface area contributed by atoms with Crippen LogP contribution in [0.1, 0.15) is 38.8 Å². The van der Waals surface area contributed by atoms with E-state index in [-0.39, 0.29) is 5.91 Å². The van der Waals surface area contributed by atoms with Crippen molar-refractivity contribution in [3.05, 3.63) is 50.9 Å². The first-order chi connectivity index (χ1) is 11.6. The molecule has 0 aromatic carbocycles. The van der Waals surface area contributed by atoms with Crippen molar-refractivity contribution in [1.82, 2.24) is 9.88 Å². The Morgan fingerprint density at radius 2 is 2.17 bits per heavy atom. The Kier molecular flexibility index (Phi) is 4.02. The molecule has 3 aromatic heterocycles. The monoisotopic (exact) mass is 358 g/mol. The van der Waals surface area contributed by atoms with Crippen LogP contribution in [0.4, 0.5) is 0 Å². The molecule has 0 unspecified atom stereocenters. The van der Waals surface area contributed by atoms with E-state index in [0.29, 0.717) is 12.6 Å². The molecule has 1 fully saturated rings. The van der Waals surface area contributed by atoms with Gasteiger partial charge in [0.15, 0.2) is 10.8 Å². The standard InChI is InChI=1S/C18H18N2O2S2/c1-11-5-8-15(22-11)17-19-12(2)16(24-17)18(21)20(13-6-7-13)10-14-4-3-9-23-14/h3-5,8-9,13H,6-7,10H2,1-2H3. The van der Waals surface area contributed by atoms with Crippen molar-refractivity contribution in [1.29, 1.82) is 0 Å². The average molecular weight is 358 g/mol. The van der Waals surface area contributed by atoms with Crippen LogP contribution in [-0.4, -0.2) is 21.8 Å². The Balaban J connectivity index is 1.61. The molecule has 0 atom stereocenters. The minimum Gasteiger partial charge on any atom is -0.459 e. The highest BCUT2D eigenvalue weighted by Gasteiger charge is 2.35. The Morgan fingerprint density at radius 3 is 2.79 bits per heavy atom. The fourth-order valence-corrected chi connectivity index (χ4v) is 4.39. The van der Waals surface area contributed by atoms with E-state index in [0.717, 1.165) is 39.9 Å². The number of thiazole rings is 1. The molecule has 0 bridgehead atoms. The van der Waals surface area contributed by atoms with Crippen molar-refractivity contribution in [2.24, 2.45) is 0 Å². The first-order valence-corrected chi connectivity index (χ1v) is 9.69. The van der Waals surface area contributed by atoms with Crippen molar-refractivity contribution in [2.45, 2.75) is 39.3 Å². The second-order valence-electron chi connectivity index (χ2n) is 6.09. The highest BCUT2D eigenvalue weighted by atomic mass is 32.1. The van der Waals surface area contributed by atoms with Crippen LogP contribution in [0.5, 0.6) is 0 Å². The molecule has 4 rings (SSSR count). The lowest BCUT2D eigenvalue weighted by Gasteiger charge is -2.21. The van der Waals surface area contributed by atoms with Crippen molar-refractivity contribution in [3.8, 4) is 10.8 Å². The Hall–Kier alpha value is -1.92. The van der Waals surface area contributed by atoms with Crippen LogP contribution in [0.2, 0.25) is 0 Å². The molecule has 6 heteroatoms. The molecular weight excluding hydrogens is 340 g/mol. The number of furan rings is 1. The van der Waals surface area contributed by atoms with Crippen LogP contribution in [-0.2, 0) is 6.54 Å². The summed E-state index contributed by atoms with van der Waals surface area (Å²) in [5, 5.41) is 2.83. The van der Waals surface area contributed by atoms with E-state index in [1.807, 2.05) is 36.9 Å². The molecule has 124 valence electrons. The van der Waals surface area contributed by atoms with Crippen LogP contribution in [0.15, 0.2) is 34.1 Å². The average Bonchev–Trinajstić information content (AvgIpc) is 2.96. The molecule has 24 heavy (non-hydrogen) atoms. The van der Waals surface area contributed by atoms with Gasteiger partial charge in [0.1, 0.15) is 10.6 Å². The zero-order valence-corrected chi connectivity index (χ0v) is 15.2. The Labute approximate surface area is 148 Å². The number of carbonyl (C=O) groups excluding carboxylic acids is 1. The fraction of sp³-hybridized carbons (Fsp3) is 0.333. The molecule has 0 radical (unpaired) electrons. The summed E-state index contributed by atoms with van der Waals surface area (Å²) in [6.07, 6.45) is 2.19. The molecule has 0 saturated heterocycles. The second-order valence-corrected chi connectivity index (χ2v) is 8.12. The highest BCUT2D eigenvalue weighted by Crippen LogP contribution is 2.34. The summed E-state index contributed by atoms with van der Waals surface area (Å²) < 4.78 is 5.65. The van der Waals surface area contributed by atoms with Crippen LogP contribution in [0, 0.1) is 13.8 Å². The van der Waals surface area contributed by atoms with Gasteiger partial charge in [-0.25, -0.2) is 4.98 Å². The third-order valence-corrected chi connectivity index (χ3v) is 6.12. The number of carbonyl (C=O) groups is 1. The lowest BCUT2D eigenvalue weighted by Crippen LogP contribution is -2.32. The third-order valence-electron chi connectivity index (χ3n) is 4.10. The largest absolute Gasteiger partial charge is 0.459 e. The summed E-state index contributed by atoms with van der Waals surface area (Å²) in [7, 11) is 0. The smallest absolute Gasteiger partial charge is 0.266 e. The zero-order chi connectivity index (χ0) is 16.7. The maximum absolute atomic E-state index is 13.1. The summed E-state index contributed by atoms with van der Waals surface area (Å²) in [6.45, 7) is 4.50. The van der Waals surface area contributed by atoms with E-state index >= 15 is 0 Å². The van der Waals surface area contributed by atoms with Crippen molar-refractivity contribution in [2.75, 3.05) is 0 Å². The number of aryl methyl sites for hydroxylation is 2. The lowest BCUT2D eigenvalue weighted by atomic mass is 10.3. The van der Waals surface area contributed by atoms with Gasteiger partial charge in [0.2, 0.25) is 0 Å². The maximum atomic E-state index is 13.1. The molecule has 0 N–H and O–H groups in total. The summed E-state index contributed by atoms with van der Waals surface area (Å²) in [5.74, 6) is 1.68. The van der Waals surface area contributed by atoms with Gasteiger partial charge in [-0.3, -0.25) is 4.79 Å². The van der Waals surface area contributed by atoms with Gasteiger partial charge in [-0.2, -0.15) is 0 Å². The molecular formula is C18H18N2O2S2. The molecule has 1 aliphatic carbocycles. The second kappa shape index (κ2) is 6.18. The molecule has 3 heterocycles. The van der Waals surface area contributed by atoms with Gasteiger partial charge in [-0.1, -0.05) is 6.07 Å². The zero-order valence-electron chi connectivity index (χ0n) is 13.6. The summed E-state index contributed by atoms with van der Waals surface area (Å²) in [6, 6.07) is 8.32. The van der Waals surface area contributed by atoms with E-state index in [9.17, 15) is 4.79 Å².